The maximum absolute atomic E-state index is 13.0. The van der Waals surface area contributed by atoms with Crippen molar-refractivity contribution in [3.05, 3.63) is 107 Å². The van der Waals surface area contributed by atoms with Gasteiger partial charge in [-0.2, -0.15) is 0 Å². The van der Waals surface area contributed by atoms with Crippen molar-refractivity contribution in [3.63, 3.8) is 0 Å². The Hall–Kier alpha value is -3.13. The third-order valence-corrected chi connectivity index (χ3v) is 4.36. The van der Waals surface area contributed by atoms with Crippen molar-refractivity contribution in [2.24, 2.45) is 0 Å². The van der Waals surface area contributed by atoms with Crippen LogP contribution in [0.15, 0.2) is 84.9 Å². The first-order valence-corrected chi connectivity index (χ1v) is 8.83. The van der Waals surface area contributed by atoms with Crippen molar-refractivity contribution >= 4 is 17.6 Å². The van der Waals surface area contributed by atoms with Gasteiger partial charge in [0.1, 0.15) is 0 Å². The molecule has 0 aliphatic carbocycles. The second kappa shape index (κ2) is 8.30. The lowest BCUT2D eigenvalue weighted by Crippen LogP contribution is -2.27. The van der Waals surface area contributed by atoms with Gasteiger partial charge in [0, 0.05) is 5.57 Å². The fourth-order valence-electron chi connectivity index (χ4n) is 2.83. The smallest absolute Gasteiger partial charge is 0.252 e. The molecular formula is C24H23NO. The molecule has 0 aliphatic heterocycles. The molecule has 0 heterocycles. The molecule has 3 rings (SSSR count). The van der Waals surface area contributed by atoms with E-state index in [4.69, 9.17) is 0 Å². The molecule has 0 aliphatic rings. The van der Waals surface area contributed by atoms with Gasteiger partial charge in [-0.3, -0.25) is 4.79 Å². The van der Waals surface area contributed by atoms with Crippen LogP contribution in [0.25, 0.3) is 11.6 Å². The van der Waals surface area contributed by atoms with Gasteiger partial charge in [0.15, 0.2) is 0 Å². The van der Waals surface area contributed by atoms with Crippen LogP contribution in [-0.2, 0) is 4.79 Å². The average molecular weight is 341 g/mol. The minimum Gasteiger partial charge on any atom is -0.345 e. The zero-order chi connectivity index (χ0) is 18.4. The second-order valence-electron chi connectivity index (χ2n) is 6.44. The number of carbonyl (C=O) groups is 1. The van der Waals surface area contributed by atoms with Crippen molar-refractivity contribution in [3.8, 4) is 0 Å². The van der Waals surface area contributed by atoms with Crippen molar-refractivity contribution in [2.45, 2.75) is 19.9 Å². The third kappa shape index (κ3) is 4.48. The largest absolute Gasteiger partial charge is 0.345 e. The summed E-state index contributed by atoms with van der Waals surface area (Å²) in [6, 6.07) is 27.9. The number of carbonyl (C=O) groups excluding carboxylic acids is 1. The normalized spacial score (nSPS) is 12.5. The fourth-order valence-corrected chi connectivity index (χ4v) is 2.83. The molecule has 0 fully saturated rings. The Bertz CT molecular complexity index is 881. The molecule has 0 bridgehead atoms. The van der Waals surface area contributed by atoms with Gasteiger partial charge < -0.3 is 5.32 Å². The van der Waals surface area contributed by atoms with Gasteiger partial charge in [-0.15, -0.1) is 0 Å². The molecule has 0 saturated carbocycles. The molecule has 0 radical (unpaired) electrons. The molecule has 0 aromatic heterocycles. The molecule has 0 spiro atoms. The Morgan fingerprint density at radius 3 is 2.04 bits per heavy atom. The molecule has 130 valence electrons. The number of rotatable bonds is 5. The van der Waals surface area contributed by atoms with Gasteiger partial charge in [0.25, 0.3) is 5.91 Å². The third-order valence-electron chi connectivity index (χ3n) is 4.36. The summed E-state index contributed by atoms with van der Waals surface area (Å²) in [6.07, 6.45) is 1.94. The van der Waals surface area contributed by atoms with E-state index in [-0.39, 0.29) is 11.9 Å². The molecule has 2 nitrogen and oxygen atoms in total. The number of amides is 1. The van der Waals surface area contributed by atoms with Crippen LogP contribution < -0.4 is 5.32 Å². The minimum absolute atomic E-state index is 0.0639. The second-order valence-corrected chi connectivity index (χ2v) is 6.44. The molecule has 26 heavy (non-hydrogen) atoms. The van der Waals surface area contributed by atoms with Gasteiger partial charge >= 0.3 is 0 Å². The predicted molar refractivity (Wildman–Crippen MR) is 108 cm³/mol. The van der Waals surface area contributed by atoms with E-state index in [9.17, 15) is 4.79 Å². The Kier molecular flexibility index (Phi) is 5.65. The number of hydrogen-bond acceptors (Lipinski definition) is 1. The highest BCUT2D eigenvalue weighted by atomic mass is 16.1. The topological polar surface area (TPSA) is 29.1 Å². The van der Waals surface area contributed by atoms with Crippen LogP contribution in [0, 0.1) is 6.92 Å². The highest BCUT2D eigenvalue weighted by Gasteiger charge is 2.15. The van der Waals surface area contributed by atoms with Crippen LogP contribution >= 0.6 is 0 Å². The zero-order valence-electron chi connectivity index (χ0n) is 15.1. The number of aryl methyl sites for hydroxylation is 1. The first-order chi connectivity index (χ1) is 12.6. The van der Waals surface area contributed by atoms with Crippen molar-refractivity contribution in [2.75, 3.05) is 0 Å². The van der Waals surface area contributed by atoms with E-state index in [0.29, 0.717) is 5.57 Å². The van der Waals surface area contributed by atoms with Crippen molar-refractivity contribution in [1.29, 1.82) is 0 Å². The Labute approximate surface area is 155 Å². The monoisotopic (exact) mass is 341 g/mol. The molecule has 3 aromatic carbocycles. The number of hydrogen-bond donors (Lipinski definition) is 1. The van der Waals surface area contributed by atoms with E-state index in [0.717, 1.165) is 16.7 Å². The summed E-state index contributed by atoms with van der Waals surface area (Å²) in [7, 11) is 0. The summed E-state index contributed by atoms with van der Waals surface area (Å²) in [5, 5.41) is 3.13. The molecule has 0 unspecified atom stereocenters. The van der Waals surface area contributed by atoms with Gasteiger partial charge in [0.2, 0.25) is 0 Å². The fraction of sp³-hybridized carbons (Fsp3) is 0.125. The van der Waals surface area contributed by atoms with Crippen molar-refractivity contribution < 1.29 is 4.79 Å². The molecule has 0 saturated heterocycles. The summed E-state index contributed by atoms with van der Waals surface area (Å²) >= 11 is 0. The summed E-state index contributed by atoms with van der Waals surface area (Å²) in [5.41, 5.74) is 4.88. The highest BCUT2D eigenvalue weighted by Crippen LogP contribution is 2.21. The summed E-state index contributed by atoms with van der Waals surface area (Å²) in [4.78, 5) is 13.0. The number of nitrogens with one attached hydrogen (secondary N) is 1. The lowest BCUT2D eigenvalue weighted by atomic mass is 10.0. The van der Waals surface area contributed by atoms with Crippen LogP contribution in [0.2, 0.25) is 0 Å². The van der Waals surface area contributed by atoms with E-state index >= 15 is 0 Å². The average Bonchev–Trinajstić information content (AvgIpc) is 2.68. The molecule has 3 aromatic rings. The standard InChI is InChI=1S/C24H23NO/c1-18-13-15-21(16-14-18)19(2)25-24(26)23(22-11-7-4-8-12-22)17-20-9-5-3-6-10-20/h3-17,19H,1-2H3,(H,25,26)/b23-17+/t19-/m1/s1. The van der Waals surface area contributed by atoms with E-state index in [1.165, 1.54) is 5.56 Å². The van der Waals surface area contributed by atoms with E-state index < -0.39 is 0 Å². The van der Waals surface area contributed by atoms with Gasteiger partial charge in [-0.05, 0) is 36.6 Å². The quantitative estimate of drug-likeness (QED) is 0.488. The van der Waals surface area contributed by atoms with E-state index in [1.807, 2.05) is 73.7 Å². The van der Waals surface area contributed by atoms with E-state index in [1.54, 1.807) is 0 Å². The van der Waals surface area contributed by atoms with E-state index in [2.05, 4.69) is 36.5 Å². The number of benzene rings is 3. The lowest BCUT2D eigenvalue weighted by molar-refractivity contribution is -0.116. The van der Waals surface area contributed by atoms with Crippen LogP contribution in [-0.4, -0.2) is 5.91 Å². The van der Waals surface area contributed by atoms with Gasteiger partial charge in [0.05, 0.1) is 6.04 Å². The predicted octanol–water partition coefficient (Wildman–Crippen LogP) is 5.41. The van der Waals surface area contributed by atoms with Gasteiger partial charge in [-0.1, -0.05) is 90.5 Å². The SMILES string of the molecule is Cc1ccc([C@@H](C)NC(=O)/C(=C/c2ccccc2)c2ccccc2)cc1. The first kappa shape index (κ1) is 17.7. The van der Waals surface area contributed by atoms with Crippen LogP contribution in [0.4, 0.5) is 0 Å². The molecular weight excluding hydrogens is 318 g/mol. The maximum Gasteiger partial charge on any atom is 0.252 e. The summed E-state index contributed by atoms with van der Waals surface area (Å²) < 4.78 is 0. The molecule has 1 atom stereocenters. The minimum atomic E-state index is -0.0758. The zero-order valence-corrected chi connectivity index (χ0v) is 15.1. The van der Waals surface area contributed by atoms with Crippen molar-refractivity contribution in [1.82, 2.24) is 5.32 Å². The molecule has 1 amide bonds. The first-order valence-electron chi connectivity index (χ1n) is 8.83. The Morgan fingerprint density at radius 2 is 1.42 bits per heavy atom. The summed E-state index contributed by atoms with van der Waals surface area (Å²) in [5.74, 6) is -0.0758. The Morgan fingerprint density at radius 1 is 0.846 bits per heavy atom. The van der Waals surface area contributed by atoms with Crippen LogP contribution in [0.3, 0.4) is 0 Å². The molecule has 1 N–H and O–H groups in total. The molecule has 2 heteroatoms. The van der Waals surface area contributed by atoms with Crippen LogP contribution in [0.5, 0.6) is 0 Å². The van der Waals surface area contributed by atoms with Gasteiger partial charge in [-0.25, -0.2) is 0 Å². The maximum atomic E-state index is 13.0. The Balaban J connectivity index is 1.88. The summed E-state index contributed by atoms with van der Waals surface area (Å²) in [6.45, 7) is 4.07. The van der Waals surface area contributed by atoms with Crippen LogP contribution in [0.1, 0.15) is 35.2 Å². The lowest BCUT2D eigenvalue weighted by Gasteiger charge is -2.16. The highest BCUT2D eigenvalue weighted by molar-refractivity contribution is 6.24.